The van der Waals surface area contributed by atoms with E-state index in [1.54, 1.807) is 18.3 Å². The summed E-state index contributed by atoms with van der Waals surface area (Å²) < 4.78 is 25.2. The van der Waals surface area contributed by atoms with Crippen LogP contribution in [-0.2, 0) is 6.61 Å². The average Bonchev–Trinajstić information content (AvgIpc) is 2.14. The van der Waals surface area contributed by atoms with Gasteiger partial charge in [-0.3, -0.25) is 4.98 Å². The van der Waals surface area contributed by atoms with Crippen molar-refractivity contribution in [2.75, 3.05) is 0 Å². The highest BCUT2D eigenvalue weighted by molar-refractivity contribution is 5.25. The zero-order valence-electron chi connectivity index (χ0n) is 7.58. The molecule has 0 aliphatic heterocycles. The lowest BCUT2D eigenvalue weighted by Gasteiger charge is -2.35. The number of aromatic nitrogens is 1. The molecule has 76 valence electrons. The highest BCUT2D eigenvalue weighted by atomic mass is 19.3. The Labute approximate surface area is 80.6 Å². The molecule has 1 aliphatic rings. The lowest BCUT2D eigenvalue weighted by molar-refractivity contribution is -0.0879. The lowest BCUT2D eigenvalue weighted by atomic mass is 9.78. The van der Waals surface area contributed by atoms with Crippen LogP contribution in [0, 0.1) is 0 Å². The summed E-state index contributed by atoms with van der Waals surface area (Å²) in [5.41, 5.74) is 1.29. The molecule has 0 radical (unpaired) electrons. The van der Waals surface area contributed by atoms with Crippen LogP contribution >= 0.6 is 0 Å². The third kappa shape index (κ3) is 1.62. The number of nitrogens with zero attached hydrogens (tertiary/aromatic N) is 1. The fourth-order valence-corrected chi connectivity index (χ4v) is 1.81. The first-order valence-corrected chi connectivity index (χ1v) is 4.55. The van der Waals surface area contributed by atoms with Crippen molar-refractivity contribution in [1.82, 2.24) is 4.98 Å². The Kier molecular flexibility index (Phi) is 2.23. The first-order chi connectivity index (χ1) is 6.62. The number of halogens is 2. The Morgan fingerprint density at radius 2 is 2.21 bits per heavy atom. The standard InChI is InChI=1S/C10H11F2NO/c11-10(12)4-8(5-10)9-7(6-14)2-1-3-13-9/h1-3,8,14H,4-6H2. The van der Waals surface area contributed by atoms with Crippen LogP contribution < -0.4 is 0 Å². The molecule has 0 aromatic carbocycles. The SMILES string of the molecule is OCc1cccnc1C1CC(F)(F)C1. The highest BCUT2D eigenvalue weighted by Gasteiger charge is 2.46. The van der Waals surface area contributed by atoms with Crippen LogP contribution in [0.4, 0.5) is 8.78 Å². The molecule has 4 heteroatoms. The molecular weight excluding hydrogens is 188 g/mol. The summed E-state index contributed by atoms with van der Waals surface area (Å²) in [6, 6.07) is 3.42. The Bertz CT molecular complexity index is 333. The molecule has 0 atom stereocenters. The fraction of sp³-hybridized carbons (Fsp3) is 0.500. The predicted octanol–water partition coefficient (Wildman–Crippen LogP) is 2.09. The van der Waals surface area contributed by atoms with Crippen molar-refractivity contribution in [3.8, 4) is 0 Å². The van der Waals surface area contributed by atoms with Gasteiger partial charge in [0, 0.05) is 30.7 Å². The maximum Gasteiger partial charge on any atom is 0.249 e. The summed E-state index contributed by atoms with van der Waals surface area (Å²) in [6.45, 7) is -0.134. The predicted molar refractivity (Wildman–Crippen MR) is 47.1 cm³/mol. The van der Waals surface area contributed by atoms with Crippen molar-refractivity contribution in [3.05, 3.63) is 29.6 Å². The van der Waals surface area contributed by atoms with Crippen LogP contribution in [0.15, 0.2) is 18.3 Å². The highest BCUT2D eigenvalue weighted by Crippen LogP contribution is 2.48. The quantitative estimate of drug-likeness (QED) is 0.791. The molecular formula is C10H11F2NO. The van der Waals surface area contributed by atoms with Gasteiger partial charge in [-0.05, 0) is 11.6 Å². The number of hydrogen-bond donors (Lipinski definition) is 1. The molecule has 1 fully saturated rings. The maximum atomic E-state index is 12.6. The fourth-order valence-electron chi connectivity index (χ4n) is 1.81. The van der Waals surface area contributed by atoms with E-state index in [-0.39, 0.29) is 25.4 Å². The molecule has 0 saturated heterocycles. The number of aliphatic hydroxyl groups is 1. The van der Waals surface area contributed by atoms with Crippen molar-refractivity contribution < 1.29 is 13.9 Å². The van der Waals surface area contributed by atoms with Gasteiger partial charge in [-0.25, -0.2) is 8.78 Å². The number of aliphatic hydroxyl groups excluding tert-OH is 1. The maximum absolute atomic E-state index is 12.6. The molecule has 14 heavy (non-hydrogen) atoms. The molecule has 1 aliphatic carbocycles. The monoisotopic (exact) mass is 199 g/mol. The Balaban J connectivity index is 2.18. The molecule has 0 bridgehead atoms. The van der Waals surface area contributed by atoms with Gasteiger partial charge in [0.1, 0.15) is 0 Å². The molecule has 0 spiro atoms. The minimum atomic E-state index is -2.53. The molecule has 1 N–H and O–H groups in total. The van der Waals surface area contributed by atoms with Gasteiger partial charge < -0.3 is 5.11 Å². The van der Waals surface area contributed by atoms with Gasteiger partial charge in [0.15, 0.2) is 0 Å². The van der Waals surface area contributed by atoms with Gasteiger partial charge in [0.05, 0.1) is 6.61 Å². The second kappa shape index (κ2) is 3.28. The summed E-state index contributed by atoms with van der Waals surface area (Å²) in [5.74, 6) is -2.72. The van der Waals surface area contributed by atoms with Crippen molar-refractivity contribution in [2.45, 2.75) is 31.3 Å². The van der Waals surface area contributed by atoms with Gasteiger partial charge in [0.2, 0.25) is 5.92 Å². The van der Waals surface area contributed by atoms with E-state index in [1.165, 1.54) is 0 Å². The Morgan fingerprint density at radius 3 is 2.79 bits per heavy atom. The molecule has 1 aromatic rings. The van der Waals surface area contributed by atoms with Crippen LogP contribution in [0.1, 0.15) is 30.0 Å². The topological polar surface area (TPSA) is 33.1 Å². The van der Waals surface area contributed by atoms with Crippen LogP contribution in [0.25, 0.3) is 0 Å². The van der Waals surface area contributed by atoms with E-state index in [9.17, 15) is 8.78 Å². The van der Waals surface area contributed by atoms with Gasteiger partial charge in [-0.2, -0.15) is 0 Å². The van der Waals surface area contributed by atoms with E-state index < -0.39 is 5.92 Å². The minimum absolute atomic E-state index is 0.134. The zero-order chi connectivity index (χ0) is 10.2. The van der Waals surface area contributed by atoms with Gasteiger partial charge in [0.25, 0.3) is 0 Å². The summed E-state index contributed by atoms with van der Waals surface area (Å²) in [5, 5.41) is 8.99. The lowest BCUT2D eigenvalue weighted by Crippen LogP contribution is -2.34. The summed E-state index contributed by atoms with van der Waals surface area (Å²) >= 11 is 0. The summed E-state index contributed by atoms with van der Waals surface area (Å²) in [7, 11) is 0. The zero-order valence-corrected chi connectivity index (χ0v) is 7.58. The Morgan fingerprint density at radius 1 is 1.50 bits per heavy atom. The number of rotatable bonds is 2. The first-order valence-electron chi connectivity index (χ1n) is 4.55. The van der Waals surface area contributed by atoms with E-state index in [1.807, 2.05) is 0 Å². The molecule has 2 rings (SSSR count). The molecule has 2 nitrogen and oxygen atoms in total. The van der Waals surface area contributed by atoms with Crippen LogP contribution in [0.3, 0.4) is 0 Å². The van der Waals surface area contributed by atoms with Crippen LogP contribution in [0.2, 0.25) is 0 Å². The van der Waals surface area contributed by atoms with Crippen LogP contribution in [0.5, 0.6) is 0 Å². The van der Waals surface area contributed by atoms with Gasteiger partial charge >= 0.3 is 0 Å². The van der Waals surface area contributed by atoms with E-state index in [0.29, 0.717) is 11.3 Å². The third-order valence-electron chi connectivity index (χ3n) is 2.57. The van der Waals surface area contributed by atoms with Gasteiger partial charge in [-0.1, -0.05) is 6.07 Å². The minimum Gasteiger partial charge on any atom is -0.392 e. The first kappa shape index (κ1) is 9.52. The smallest absolute Gasteiger partial charge is 0.249 e. The number of hydrogen-bond acceptors (Lipinski definition) is 2. The van der Waals surface area contributed by atoms with Crippen molar-refractivity contribution in [1.29, 1.82) is 0 Å². The van der Waals surface area contributed by atoms with Crippen LogP contribution in [-0.4, -0.2) is 16.0 Å². The Hall–Kier alpha value is -1.03. The summed E-state index contributed by atoms with van der Waals surface area (Å²) in [6.07, 6.45) is 1.29. The second-order valence-electron chi connectivity index (χ2n) is 3.67. The molecule has 1 heterocycles. The molecule has 1 saturated carbocycles. The van der Waals surface area contributed by atoms with E-state index in [2.05, 4.69) is 4.98 Å². The largest absolute Gasteiger partial charge is 0.392 e. The number of alkyl halides is 2. The second-order valence-corrected chi connectivity index (χ2v) is 3.67. The van der Waals surface area contributed by atoms with E-state index in [4.69, 9.17) is 5.11 Å². The number of pyridine rings is 1. The van der Waals surface area contributed by atoms with E-state index >= 15 is 0 Å². The van der Waals surface area contributed by atoms with Crippen molar-refractivity contribution in [3.63, 3.8) is 0 Å². The normalized spacial score (nSPS) is 20.5. The summed E-state index contributed by atoms with van der Waals surface area (Å²) in [4.78, 5) is 4.04. The van der Waals surface area contributed by atoms with Gasteiger partial charge in [-0.15, -0.1) is 0 Å². The average molecular weight is 199 g/mol. The third-order valence-corrected chi connectivity index (χ3v) is 2.57. The molecule has 0 amide bonds. The van der Waals surface area contributed by atoms with E-state index in [0.717, 1.165) is 0 Å². The molecule has 0 unspecified atom stereocenters. The molecule has 1 aromatic heterocycles. The van der Waals surface area contributed by atoms with Crippen molar-refractivity contribution in [2.24, 2.45) is 0 Å². The van der Waals surface area contributed by atoms with Crippen molar-refractivity contribution >= 4 is 0 Å².